The molecule has 0 saturated heterocycles. The van der Waals surface area contributed by atoms with Crippen molar-refractivity contribution in [3.8, 4) is 66.9 Å². The van der Waals surface area contributed by atoms with E-state index in [2.05, 4.69) is 329 Å². The predicted molar refractivity (Wildman–Crippen MR) is 403 cm³/mol. The fraction of sp³-hybridized carbons (Fsp3) is 0.270. The summed E-state index contributed by atoms with van der Waals surface area (Å²) in [7, 11) is 0. The smallest absolute Gasteiger partial charge is 0.252 e. The zero-order valence-corrected chi connectivity index (χ0v) is 58.0. The molecule has 466 valence electrons. The maximum atomic E-state index is 9.57. The van der Waals surface area contributed by atoms with E-state index in [9.17, 15) is 2.74 Å². The Labute approximate surface area is 563 Å². The van der Waals surface area contributed by atoms with Gasteiger partial charge in [0.15, 0.2) is 0 Å². The summed E-state index contributed by atoms with van der Waals surface area (Å²) < 4.78 is 46.0. The van der Waals surface area contributed by atoms with Crippen LogP contribution in [0.15, 0.2) is 230 Å². The molecule has 2 aliphatic rings. The topological polar surface area (TPSA) is 19.4 Å². The molecule has 0 atom stereocenters. The first-order valence-corrected chi connectivity index (χ1v) is 33.3. The van der Waals surface area contributed by atoms with E-state index in [0.29, 0.717) is 5.56 Å². The van der Waals surface area contributed by atoms with Crippen LogP contribution in [0.5, 0.6) is 0 Å². The molecule has 93 heavy (non-hydrogen) atoms. The molecule has 0 bridgehead atoms. The van der Waals surface area contributed by atoms with E-state index in [0.717, 1.165) is 118 Å². The highest BCUT2D eigenvalue weighted by Crippen LogP contribution is 2.56. The Morgan fingerprint density at radius 3 is 1.09 bits per heavy atom. The van der Waals surface area contributed by atoms with Gasteiger partial charge < -0.3 is 9.80 Å². The third-order valence-electron chi connectivity index (χ3n) is 19.2. The van der Waals surface area contributed by atoms with Gasteiger partial charge in [-0.05, 0) is 171 Å². The molecule has 11 aromatic rings. The lowest BCUT2D eigenvalue weighted by Crippen LogP contribution is -2.61. The van der Waals surface area contributed by atoms with E-state index in [-0.39, 0.29) is 56.8 Å². The summed E-state index contributed by atoms with van der Waals surface area (Å²) in [5.74, 6) is 0. The maximum Gasteiger partial charge on any atom is 0.252 e. The lowest BCUT2D eigenvalue weighted by Gasteiger charge is -2.47. The minimum absolute atomic E-state index is 0.142. The van der Waals surface area contributed by atoms with Crippen molar-refractivity contribution >= 4 is 57.2 Å². The van der Waals surface area contributed by atoms with Gasteiger partial charge >= 0.3 is 0 Å². The number of aromatic nitrogens is 1. The molecule has 0 fully saturated rings. The van der Waals surface area contributed by atoms with Gasteiger partial charge in [-0.2, -0.15) is 0 Å². The quantitative estimate of drug-likeness (QED) is 0.141. The molecule has 0 N–H and O–H groups in total. The summed E-state index contributed by atoms with van der Waals surface area (Å²) in [5.41, 5.74) is 25.8. The van der Waals surface area contributed by atoms with Gasteiger partial charge in [0.25, 0.3) is 6.71 Å². The molecule has 10 aromatic carbocycles. The molecule has 0 aliphatic carbocycles. The molecule has 0 saturated carbocycles. The van der Waals surface area contributed by atoms with Crippen LogP contribution in [0.3, 0.4) is 0 Å². The maximum absolute atomic E-state index is 9.57. The Morgan fingerprint density at radius 1 is 0.301 bits per heavy atom. The molecule has 0 unspecified atom stereocenters. The molecule has 0 radical (unpaired) electrons. The van der Waals surface area contributed by atoms with Crippen LogP contribution in [0.25, 0.3) is 66.9 Å². The third-order valence-corrected chi connectivity index (χ3v) is 19.2. The third kappa shape index (κ3) is 11.8. The first-order valence-electron chi connectivity index (χ1n) is 35.8. The summed E-state index contributed by atoms with van der Waals surface area (Å²) in [6.07, 6.45) is 0. The van der Waals surface area contributed by atoms with Crippen LogP contribution < -0.4 is 26.2 Å². The molecule has 1 aromatic heterocycles. The standard InChI is InChI=1S/C89H92BN3/c1-84(2,3)64-46-63(47-65(50-64)85(4,5)6)62-43-45-74-77(49-62)93(83-71(60-38-29-22-30-39-60)53-67(87(10,11)12)54-72(83)75-40-31-41-80(91-75)89(16,17)18)79-56-68(88(13,14)15)55-78-81(79)90(74)73-44-42-61(57-32-23-19-24-33-57)48-76(73)92(78)82-69(58-34-25-20-26-35-58)51-66(86(7,8)9)52-70(82)59-36-27-21-28-37-59/h19-56H,1-18H3/i19D,23D,24D,32D,33D. The van der Waals surface area contributed by atoms with Gasteiger partial charge in [-0.1, -0.05) is 294 Å². The summed E-state index contributed by atoms with van der Waals surface area (Å²) >= 11 is 0. The summed E-state index contributed by atoms with van der Waals surface area (Å²) in [6, 6.07) is 72.6. The lowest BCUT2D eigenvalue weighted by molar-refractivity contribution is 0.569. The van der Waals surface area contributed by atoms with Crippen LogP contribution in [0, 0.1) is 0 Å². The number of fused-ring (bicyclic) bond motifs is 4. The zero-order chi connectivity index (χ0) is 70.2. The van der Waals surface area contributed by atoms with Gasteiger partial charge in [0.2, 0.25) is 0 Å². The summed E-state index contributed by atoms with van der Waals surface area (Å²) in [5, 5.41) is 0. The van der Waals surface area contributed by atoms with Crippen molar-refractivity contribution in [2.45, 2.75) is 157 Å². The van der Waals surface area contributed by atoms with Crippen molar-refractivity contribution in [1.82, 2.24) is 4.98 Å². The Bertz CT molecular complexity index is 4850. The van der Waals surface area contributed by atoms with Crippen molar-refractivity contribution in [2.75, 3.05) is 9.80 Å². The number of rotatable bonds is 8. The average molecular weight is 1220 g/mol. The number of anilines is 6. The Kier molecular flexibility index (Phi) is 14.0. The Morgan fingerprint density at radius 2 is 0.677 bits per heavy atom. The molecule has 13 rings (SSSR count). The van der Waals surface area contributed by atoms with Crippen LogP contribution in [-0.4, -0.2) is 11.7 Å². The molecular weight excluding hydrogens is 1120 g/mol. The highest BCUT2D eigenvalue weighted by molar-refractivity contribution is 7.00. The fourth-order valence-electron chi connectivity index (χ4n) is 13.6. The van der Waals surface area contributed by atoms with Crippen molar-refractivity contribution in [3.63, 3.8) is 0 Å². The van der Waals surface area contributed by atoms with Crippen LogP contribution in [0.1, 0.15) is 165 Å². The number of pyridine rings is 1. The van der Waals surface area contributed by atoms with Crippen molar-refractivity contribution in [1.29, 1.82) is 0 Å². The minimum Gasteiger partial charge on any atom is -0.310 e. The van der Waals surface area contributed by atoms with E-state index in [1.165, 1.54) is 22.3 Å². The number of nitrogens with zero attached hydrogens (tertiary/aromatic N) is 3. The number of hydrogen-bond acceptors (Lipinski definition) is 3. The van der Waals surface area contributed by atoms with Gasteiger partial charge in [-0.15, -0.1) is 0 Å². The first-order chi connectivity index (χ1) is 46.0. The summed E-state index contributed by atoms with van der Waals surface area (Å²) in [4.78, 5) is 10.9. The number of hydrogen-bond donors (Lipinski definition) is 0. The van der Waals surface area contributed by atoms with Crippen molar-refractivity contribution in [2.24, 2.45) is 0 Å². The summed E-state index contributed by atoms with van der Waals surface area (Å²) in [6.45, 7) is 40.9. The van der Waals surface area contributed by atoms with E-state index in [1.807, 2.05) is 6.07 Å². The molecule has 0 amide bonds. The van der Waals surface area contributed by atoms with Gasteiger partial charge in [-0.3, -0.25) is 4.98 Å². The van der Waals surface area contributed by atoms with Crippen LogP contribution in [0.2, 0.25) is 0 Å². The van der Waals surface area contributed by atoms with Crippen molar-refractivity contribution < 1.29 is 6.85 Å². The largest absolute Gasteiger partial charge is 0.310 e. The molecule has 2 aliphatic heterocycles. The first kappa shape index (κ1) is 56.7. The Hall–Kier alpha value is -8.99. The van der Waals surface area contributed by atoms with Gasteiger partial charge in [-0.25, -0.2) is 0 Å². The zero-order valence-electron chi connectivity index (χ0n) is 63.0. The minimum atomic E-state index is -0.426. The van der Waals surface area contributed by atoms with Crippen LogP contribution in [-0.2, 0) is 32.5 Å². The van der Waals surface area contributed by atoms with E-state index < -0.39 is 18.2 Å². The van der Waals surface area contributed by atoms with Gasteiger partial charge in [0.05, 0.1) is 23.9 Å². The molecular formula is C89H92BN3. The fourth-order valence-corrected chi connectivity index (χ4v) is 13.6. The Balaban J connectivity index is 1.27. The molecule has 3 heterocycles. The molecule has 0 spiro atoms. The SMILES string of the molecule is [2H]c1c([2H])c([2H])c(-c2ccc3c(c2)N(c2c(-c4ccccc4)cc(C(C)(C)C)cc2-c2ccccc2)c2cc(C(C)(C)C)cc4c2B3c2ccc(-c3cc(C(C)(C)C)cc(C(C)(C)C)c3)cc2N4c2c(-c3ccccc3)cc(C(C)(C)C)cc2-c2cccc(C(C)(C)C)n2)c([2H])c1[2H]. The molecule has 4 heteroatoms. The normalized spacial score (nSPS) is 14.2. The number of benzene rings is 10. The second-order valence-corrected chi connectivity index (χ2v) is 32.2. The average Bonchev–Trinajstić information content (AvgIpc) is 0.686. The predicted octanol–water partition coefficient (Wildman–Crippen LogP) is 23.0. The van der Waals surface area contributed by atoms with Gasteiger partial charge in [0.1, 0.15) is 0 Å². The van der Waals surface area contributed by atoms with E-state index in [4.69, 9.17) is 9.10 Å². The lowest BCUT2D eigenvalue weighted by atomic mass is 9.33. The van der Waals surface area contributed by atoms with Crippen molar-refractivity contribution in [3.05, 3.63) is 264 Å². The second kappa shape index (κ2) is 22.9. The monoisotopic (exact) mass is 1220 g/mol. The van der Waals surface area contributed by atoms with Crippen LogP contribution >= 0.6 is 0 Å². The van der Waals surface area contributed by atoms with E-state index >= 15 is 0 Å². The highest BCUT2D eigenvalue weighted by atomic mass is 15.2. The van der Waals surface area contributed by atoms with Gasteiger partial charge in [0, 0.05) is 56.1 Å². The van der Waals surface area contributed by atoms with E-state index in [1.54, 1.807) is 0 Å². The second-order valence-electron chi connectivity index (χ2n) is 32.2. The molecule has 3 nitrogen and oxygen atoms in total. The van der Waals surface area contributed by atoms with Crippen LogP contribution in [0.4, 0.5) is 34.1 Å². The highest BCUT2D eigenvalue weighted by Gasteiger charge is 2.47.